The molecule has 9 heteroatoms. The zero-order valence-electron chi connectivity index (χ0n) is 14.1. The third-order valence-corrected chi connectivity index (χ3v) is 8.43. The number of sulfonamides is 2. The number of hydrogen-bond donors (Lipinski definition) is 1. The minimum absolute atomic E-state index is 0.00886. The van der Waals surface area contributed by atoms with Gasteiger partial charge in [0, 0.05) is 23.2 Å². The lowest BCUT2D eigenvalue weighted by Gasteiger charge is -2.16. The van der Waals surface area contributed by atoms with Crippen LogP contribution in [0, 0.1) is 6.92 Å². The minimum atomic E-state index is -3.80. The largest absolute Gasteiger partial charge is 0.280 e. The molecule has 0 unspecified atom stereocenters. The summed E-state index contributed by atoms with van der Waals surface area (Å²) in [6.45, 7) is 2.92. The van der Waals surface area contributed by atoms with Crippen molar-refractivity contribution in [3.63, 3.8) is 0 Å². The van der Waals surface area contributed by atoms with Gasteiger partial charge in [-0.1, -0.05) is 22.0 Å². The Labute approximate surface area is 162 Å². The van der Waals surface area contributed by atoms with Gasteiger partial charge in [0.15, 0.2) is 0 Å². The van der Waals surface area contributed by atoms with Crippen molar-refractivity contribution in [2.24, 2.45) is 0 Å². The molecule has 2 aromatic carbocycles. The van der Waals surface area contributed by atoms with Crippen molar-refractivity contribution in [3.05, 3.63) is 52.5 Å². The SMILES string of the molecule is Cc1ccc(NS(=O)(=O)c2ccc(S(=O)(=O)N3CCCC3)cc2)cc1Br. The highest BCUT2D eigenvalue weighted by Gasteiger charge is 2.27. The van der Waals surface area contributed by atoms with E-state index >= 15 is 0 Å². The van der Waals surface area contributed by atoms with E-state index in [9.17, 15) is 16.8 Å². The van der Waals surface area contributed by atoms with Crippen molar-refractivity contribution >= 4 is 41.7 Å². The first-order valence-electron chi connectivity index (χ1n) is 8.09. The number of nitrogens with one attached hydrogen (secondary N) is 1. The van der Waals surface area contributed by atoms with Crippen LogP contribution in [0.3, 0.4) is 0 Å². The van der Waals surface area contributed by atoms with Gasteiger partial charge in [-0.3, -0.25) is 4.72 Å². The molecule has 1 aliphatic rings. The molecule has 1 heterocycles. The van der Waals surface area contributed by atoms with Gasteiger partial charge in [-0.2, -0.15) is 4.31 Å². The van der Waals surface area contributed by atoms with Crippen molar-refractivity contribution < 1.29 is 16.8 Å². The molecule has 1 aliphatic heterocycles. The fourth-order valence-electron chi connectivity index (χ4n) is 2.74. The van der Waals surface area contributed by atoms with Gasteiger partial charge in [-0.15, -0.1) is 0 Å². The molecule has 0 spiro atoms. The zero-order chi connectivity index (χ0) is 18.9. The average molecular weight is 459 g/mol. The molecule has 3 rings (SSSR count). The first-order valence-corrected chi connectivity index (χ1v) is 11.8. The fraction of sp³-hybridized carbons (Fsp3) is 0.294. The summed E-state index contributed by atoms with van der Waals surface area (Å²) in [6, 6.07) is 10.5. The molecule has 0 amide bonds. The summed E-state index contributed by atoms with van der Waals surface area (Å²) < 4.78 is 54.8. The number of hydrogen-bond acceptors (Lipinski definition) is 4. The standard InChI is InChI=1S/C17H19BrN2O4S2/c1-13-4-5-14(12-17(13)18)19-25(21,22)15-6-8-16(9-7-15)26(23,24)20-10-2-3-11-20/h4-9,12,19H,2-3,10-11H2,1H3. The van der Waals surface area contributed by atoms with Crippen molar-refractivity contribution in [2.45, 2.75) is 29.6 Å². The van der Waals surface area contributed by atoms with Gasteiger partial charge in [0.25, 0.3) is 10.0 Å². The van der Waals surface area contributed by atoms with Gasteiger partial charge >= 0.3 is 0 Å². The lowest BCUT2D eigenvalue weighted by Crippen LogP contribution is -2.27. The second kappa shape index (κ2) is 7.30. The summed E-state index contributed by atoms with van der Waals surface area (Å²) in [5.74, 6) is 0. The van der Waals surface area contributed by atoms with E-state index in [4.69, 9.17) is 0 Å². The van der Waals surface area contributed by atoms with E-state index < -0.39 is 20.0 Å². The van der Waals surface area contributed by atoms with Gasteiger partial charge in [0.1, 0.15) is 0 Å². The molecule has 1 saturated heterocycles. The van der Waals surface area contributed by atoms with Crippen LogP contribution in [0.15, 0.2) is 56.7 Å². The maximum atomic E-state index is 12.5. The Hall–Kier alpha value is -1.42. The van der Waals surface area contributed by atoms with Crippen LogP contribution in [0.5, 0.6) is 0 Å². The predicted molar refractivity (Wildman–Crippen MR) is 104 cm³/mol. The molecule has 0 bridgehead atoms. The van der Waals surface area contributed by atoms with Crippen molar-refractivity contribution in [2.75, 3.05) is 17.8 Å². The first kappa shape index (κ1) is 19.3. The summed E-state index contributed by atoms with van der Waals surface area (Å²) in [7, 11) is -7.36. The van der Waals surface area contributed by atoms with Gasteiger partial charge in [0.2, 0.25) is 10.0 Å². The molecule has 1 fully saturated rings. The Morgan fingerprint density at radius 3 is 2.08 bits per heavy atom. The van der Waals surface area contributed by atoms with Gasteiger partial charge in [0.05, 0.1) is 9.79 Å². The molecule has 26 heavy (non-hydrogen) atoms. The van der Waals surface area contributed by atoms with Crippen molar-refractivity contribution in [1.29, 1.82) is 0 Å². The molecule has 140 valence electrons. The summed E-state index contributed by atoms with van der Waals surface area (Å²) >= 11 is 3.37. The van der Waals surface area contributed by atoms with E-state index in [0.717, 1.165) is 22.9 Å². The minimum Gasteiger partial charge on any atom is -0.280 e. The molecule has 0 radical (unpaired) electrons. The smallest absolute Gasteiger partial charge is 0.261 e. The Morgan fingerprint density at radius 2 is 1.50 bits per heavy atom. The third-order valence-electron chi connectivity index (χ3n) is 4.26. The maximum absolute atomic E-state index is 12.5. The Kier molecular flexibility index (Phi) is 5.43. The summed E-state index contributed by atoms with van der Waals surface area (Å²) in [6.07, 6.45) is 1.70. The van der Waals surface area contributed by atoms with E-state index in [-0.39, 0.29) is 9.79 Å². The maximum Gasteiger partial charge on any atom is 0.261 e. The van der Waals surface area contributed by atoms with E-state index in [1.165, 1.54) is 28.6 Å². The molecule has 0 aromatic heterocycles. The van der Waals surface area contributed by atoms with Crippen LogP contribution in [0.2, 0.25) is 0 Å². The number of halogens is 1. The van der Waals surface area contributed by atoms with Crippen LogP contribution in [-0.4, -0.2) is 34.2 Å². The van der Waals surface area contributed by atoms with E-state index in [1.54, 1.807) is 18.2 Å². The van der Waals surface area contributed by atoms with Crippen LogP contribution in [0.4, 0.5) is 5.69 Å². The van der Waals surface area contributed by atoms with Crippen LogP contribution in [0.25, 0.3) is 0 Å². The summed E-state index contributed by atoms with van der Waals surface area (Å²) in [5, 5.41) is 0. The van der Waals surface area contributed by atoms with E-state index in [2.05, 4.69) is 20.7 Å². The molecule has 1 N–H and O–H groups in total. The second-order valence-corrected chi connectivity index (χ2v) is 10.6. The topological polar surface area (TPSA) is 83.5 Å². The molecule has 6 nitrogen and oxygen atoms in total. The summed E-state index contributed by atoms with van der Waals surface area (Å²) in [4.78, 5) is 0.117. The highest BCUT2D eigenvalue weighted by atomic mass is 79.9. The van der Waals surface area contributed by atoms with Crippen LogP contribution in [0.1, 0.15) is 18.4 Å². The predicted octanol–water partition coefficient (Wildman–Crippen LogP) is 3.34. The molecule has 2 aromatic rings. The Morgan fingerprint density at radius 1 is 0.923 bits per heavy atom. The van der Waals surface area contributed by atoms with Gasteiger partial charge in [-0.25, -0.2) is 16.8 Å². The highest BCUT2D eigenvalue weighted by molar-refractivity contribution is 9.10. The van der Waals surface area contributed by atoms with Crippen molar-refractivity contribution in [3.8, 4) is 0 Å². The quantitative estimate of drug-likeness (QED) is 0.744. The molecular weight excluding hydrogens is 440 g/mol. The number of aryl methyl sites for hydroxylation is 1. The van der Waals surface area contributed by atoms with Crippen molar-refractivity contribution in [1.82, 2.24) is 4.31 Å². The zero-order valence-corrected chi connectivity index (χ0v) is 17.4. The Bertz CT molecular complexity index is 1010. The highest BCUT2D eigenvalue weighted by Crippen LogP contribution is 2.25. The average Bonchev–Trinajstić information content (AvgIpc) is 3.13. The first-order chi connectivity index (χ1) is 12.2. The lowest BCUT2D eigenvalue weighted by molar-refractivity contribution is 0.477. The van der Waals surface area contributed by atoms with E-state index in [1.807, 2.05) is 6.92 Å². The van der Waals surface area contributed by atoms with Gasteiger partial charge in [-0.05, 0) is 61.7 Å². The third kappa shape index (κ3) is 3.95. The molecular formula is C17H19BrN2O4S2. The summed E-state index contributed by atoms with van der Waals surface area (Å²) in [5.41, 5.74) is 1.42. The molecule has 0 atom stereocenters. The number of anilines is 1. The fourth-order valence-corrected chi connectivity index (χ4v) is 5.68. The molecule has 0 aliphatic carbocycles. The Balaban J connectivity index is 1.83. The number of rotatable bonds is 5. The molecule has 0 saturated carbocycles. The lowest BCUT2D eigenvalue weighted by atomic mass is 10.2. The number of benzene rings is 2. The number of nitrogens with zero attached hydrogens (tertiary/aromatic N) is 1. The van der Waals surface area contributed by atoms with E-state index in [0.29, 0.717) is 18.8 Å². The van der Waals surface area contributed by atoms with Crippen LogP contribution < -0.4 is 4.72 Å². The van der Waals surface area contributed by atoms with Crippen LogP contribution >= 0.6 is 15.9 Å². The van der Waals surface area contributed by atoms with Crippen LogP contribution in [-0.2, 0) is 20.0 Å². The van der Waals surface area contributed by atoms with Gasteiger partial charge < -0.3 is 0 Å². The normalized spacial score (nSPS) is 15.9. The second-order valence-electron chi connectivity index (χ2n) is 6.15. The monoisotopic (exact) mass is 458 g/mol.